The maximum absolute atomic E-state index is 5.42. The fourth-order valence-corrected chi connectivity index (χ4v) is 2.51. The average Bonchev–Trinajstić information content (AvgIpc) is 2.40. The van der Waals surface area contributed by atoms with Crippen LogP contribution in [0.15, 0.2) is 6.33 Å². The molecule has 1 fully saturated rings. The van der Waals surface area contributed by atoms with Gasteiger partial charge in [-0.25, -0.2) is 15.8 Å². The summed E-state index contributed by atoms with van der Waals surface area (Å²) in [5.74, 6) is 7.18. The van der Waals surface area contributed by atoms with Gasteiger partial charge < -0.3 is 15.5 Å². The summed E-state index contributed by atoms with van der Waals surface area (Å²) in [5.41, 5.74) is 2.98. The monoisotopic (exact) mass is 265 g/mol. The lowest BCUT2D eigenvalue weighted by atomic mass is 9.75. The third-order valence-electron chi connectivity index (χ3n) is 3.82. The van der Waals surface area contributed by atoms with E-state index in [4.69, 9.17) is 10.6 Å². The Kier molecular flexibility index (Phi) is 4.09. The average molecular weight is 265 g/mol. The minimum atomic E-state index is 0.433. The molecule has 0 radical (unpaired) electrons. The molecule has 1 aliphatic carbocycles. The van der Waals surface area contributed by atoms with Crippen LogP contribution in [0.3, 0.4) is 0 Å². The number of hydrogen-bond acceptors (Lipinski definition) is 6. The number of rotatable bonds is 4. The SMILES string of the molecule is COc1c(NN)ncnc1NC1CCC(C)(C)CC1. The molecule has 1 aliphatic rings. The lowest BCUT2D eigenvalue weighted by Crippen LogP contribution is -2.30. The Morgan fingerprint density at radius 1 is 1.26 bits per heavy atom. The Balaban J connectivity index is 2.07. The Hall–Kier alpha value is -1.56. The predicted octanol–water partition coefficient (Wildman–Crippen LogP) is 2.15. The van der Waals surface area contributed by atoms with Crippen LogP contribution in [0.5, 0.6) is 5.75 Å². The Morgan fingerprint density at radius 2 is 1.89 bits per heavy atom. The van der Waals surface area contributed by atoms with Crippen LogP contribution in [0.4, 0.5) is 11.6 Å². The van der Waals surface area contributed by atoms with Gasteiger partial charge in [0.05, 0.1) is 7.11 Å². The number of nitrogens with two attached hydrogens (primary N) is 1. The topological polar surface area (TPSA) is 85.1 Å². The molecule has 106 valence electrons. The number of hydrazine groups is 1. The molecule has 0 atom stereocenters. The van der Waals surface area contributed by atoms with Crippen molar-refractivity contribution < 1.29 is 4.74 Å². The second kappa shape index (κ2) is 5.61. The van der Waals surface area contributed by atoms with Gasteiger partial charge in [0.15, 0.2) is 11.6 Å². The molecule has 19 heavy (non-hydrogen) atoms. The number of nitrogen functional groups attached to an aromatic ring is 1. The van der Waals surface area contributed by atoms with E-state index >= 15 is 0 Å². The minimum Gasteiger partial charge on any atom is -0.490 e. The first kappa shape index (κ1) is 13.9. The highest BCUT2D eigenvalue weighted by Crippen LogP contribution is 2.37. The summed E-state index contributed by atoms with van der Waals surface area (Å²) < 4.78 is 5.32. The van der Waals surface area contributed by atoms with Gasteiger partial charge >= 0.3 is 0 Å². The molecule has 2 rings (SSSR count). The summed E-state index contributed by atoms with van der Waals surface area (Å²) >= 11 is 0. The van der Waals surface area contributed by atoms with Crippen molar-refractivity contribution in [2.45, 2.75) is 45.6 Å². The van der Waals surface area contributed by atoms with Crippen LogP contribution in [0.25, 0.3) is 0 Å². The predicted molar refractivity (Wildman–Crippen MR) is 76.1 cm³/mol. The second-order valence-electron chi connectivity index (χ2n) is 5.83. The molecule has 4 N–H and O–H groups in total. The maximum Gasteiger partial charge on any atom is 0.205 e. The van der Waals surface area contributed by atoms with Crippen molar-refractivity contribution in [2.24, 2.45) is 11.3 Å². The molecule has 6 heteroatoms. The van der Waals surface area contributed by atoms with Gasteiger partial charge in [-0.3, -0.25) is 0 Å². The van der Waals surface area contributed by atoms with Gasteiger partial charge in [-0.15, -0.1) is 0 Å². The van der Waals surface area contributed by atoms with Gasteiger partial charge in [0, 0.05) is 6.04 Å². The highest BCUT2D eigenvalue weighted by atomic mass is 16.5. The lowest BCUT2D eigenvalue weighted by molar-refractivity contribution is 0.232. The first-order valence-electron chi connectivity index (χ1n) is 6.68. The fourth-order valence-electron chi connectivity index (χ4n) is 2.51. The van der Waals surface area contributed by atoms with E-state index in [0.717, 1.165) is 12.8 Å². The van der Waals surface area contributed by atoms with Crippen molar-refractivity contribution in [3.05, 3.63) is 6.33 Å². The summed E-state index contributed by atoms with van der Waals surface area (Å²) in [5, 5.41) is 3.44. The molecule has 1 heterocycles. The highest BCUT2D eigenvalue weighted by Gasteiger charge is 2.27. The van der Waals surface area contributed by atoms with Crippen molar-refractivity contribution in [1.29, 1.82) is 0 Å². The van der Waals surface area contributed by atoms with Crippen LogP contribution >= 0.6 is 0 Å². The number of methoxy groups -OCH3 is 1. The number of hydrogen-bond donors (Lipinski definition) is 3. The fraction of sp³-hybridized carbons (Fsp3) is 0.692. The summed E-state index contributed by atoms with van der Waals surface area (Å²) in [4.78, 5) is 8.28. The zero-order valence-electron chi connectivity index (χ0n) is 11.9. The van der Waals surface area contributed by atoms with E-state index in [0.29, 0.717) is 28.8 Å². The van der Waals surface area contributed by atoms with Crippen LogP contribution in [-0.2, 0) is 0 Å². The molecule has 0 bridgehead atoms. The Labute approximate surface area is 114 Å². The molecule has 0 amide bonds. The van der Waals surface area contributed by atoms with Gasteiger partial charge in [-0.2, -0.15) is 0 Å². The quantitative estimate of drug-likeness (QED) is 0.571. The van der Waals surface area contributed by atoms with Gasteiger partial charge in [-0.05, 0) is 31.1 Å². The molecule has 6 nitrogen and oxygen atoms in total. The molecule has 1 aromatic rings. The lowest BCUT2D eigenvalue weighted by Gasteiger charge is -2.35. The summed E-state index contributed by atoms with van der Waals surface area (Å²) in [6, 6.07) is 0.433. The number of ether oxygens (including phenoxy) is 1. The van der Waals surface area contributed by atoms with E-state index in [2.05, 4.69) is 34.6 Å². The molecule has 0 aromatic carbocycles. The minimum absolute atomic E-state index is 0.433. The summed E-state index contributed by atoms with van der Waals surface area (Å²) in [7, 11) is 1.59. The van der Waals surface area contributed by atoms with Crippen molar-refractivity contribution in [1.82, 2.24) is 9.97 Å². The summed E-state index contributed by atoms with van der Waals surface area (Å²) in [6.07, 6.45) is 6.21. The number of nitrogens with zero attached hydrogens (tertiary/aromatic N) is 2. The standard InChI is InChI=1S/C13H23N5O/c1-13(2)6-4-9(5-7-13)17-11-10(19-3)12(18-14)16-8-15-11/h8-9H,4-7,14H2,1-3H3,(H2,15,16,17,18). The highest BCUT2D eigenvalue weighted by molar-refractivity contribution is 5.63. The first-order chi connectivity index (χ1) is 9.05. The van der Waals surface area contributed by atoms with Gasteiger partial charge in [0.25, 0.3) is 0 Å². The molecule has 0 aliphatic heterocycles. The normalized spacial score (nSPS) is 18.9. The van der Waals surface area contributed by atoms with Gasteiger partial charge in [0.2, 0.25) is 5.75 Å². The molecule has 0 unspecified atom stereocenters. The molecular formula is C13H23N5O. The molecule has 1 aromatic heterocycles. The second-order valence-corrected chi connectivity index (χ2v) is 5.83. The zero-order valence-corrected chi connectivity index (χ0v) is 11.9. The van der Waals surface area contributed by atoms with Crippen LogP contribution in [0.1, 0.15) is 39.5 Å². The Morgan fingerprint density at radius 3 is 2.47 bits per heavy atom. The smallest absolute Gasteiger partial charge is 0.205 e. The van der Waals surface area contributed by atoms with Crippen LogP contribution in [0.2, 0.25) is 0 Å². The van der Waals surface area contributed by atoms with Crippen LogP contribution < -0.4 is 21.3 Å². The number of nitrogens with one attached hydrogen (secondary N) is 2. The van der Waals surface area contributed by atoms with E-state index in [1.165, 1.54) is 19.2 Å². The molecule has 0 spiro atoms. The third-order valence-corrected chi connectivity index (χ3v) is 3.82. The largest absolute Gasteiger partial charge is 0.490 e. The molecule has 0 saturated heterocycles. The van der Waals surface area contributed by atoms with Crippen molar-refractivity contribution >= 4 is 11.6 Å². The van der Waals surface area contributed by atoms with E-state index in [1.54, 1.807) is 7.11 Å². The Bertz CT molecular complexity index is 425. The first-order valence-corrected chi connectivity index (χ1v) is 6.68. The third kappa shape index (κ3) is 3.26. The zero-order chi connectivity index (χ0) is 13.9. The number of anilines is 2. The van der Waals surface area contributed by atoms with E-state index in [1.807, 2.05) is 0 Å². The van der Waals surface area contributed by atoms with E-state index in [9.17, 15) is 0 Å². The van der Waals surface area contributed by atoms with Gasteiger partial charge in [-0.1, -0.05) is 13.8 Å². The van der Waals surface area contributed by atoms with Crippen molar-refractivity contribution in [3.8, 4) is 5.75 Å². The van der Waals surface area contributed by atoms with E-state index in [-0.39, 0.29) is 0 Å². The molecular weight excluding hydrogens is 242 g/mol. The van der Waals surface area contributed by atoms with E-state index < -0.39 is 0 Å². The molecule has 1 saturated carbocycles. The van der Waals surface area contributed by atoms with Crippen molar-refractivity contribution in [3.63, 3.8) is 0 Å². The van der Waals surface area contributed by atoms with Crippen LogP contribution in [-0.4, -0.2) is 23.1 Å². The number of aromatic nitrogens is 2. The maximum atomic E-state index is 5.42. The summed E-state index contributed by atoms with van der Waals surface area (Å²) in [6.45, 7) is 4.65. The van der Waals surface area contributed by atoms with Crippen molar-refractivity contribution in [2.75, 3.05) is 17.9 Å². The van der Waals surface area contributed by atoms with Gasteiger partial charge in [0.1, 0.15) is 6.33 Å². The van der Waals surface area contributed by atoms with Crippen LogP contribution in [0, 0.1) is 5.41 Å².